The van der Waals surface area contributed by atoms with E-state index >= 15 is 0 Å². The minimum Gasteiger partial charge on any atom is -0.395 e. The first-order valence-electron chi connectivity index (χ1n) is 5.28. The quantitative estimate of drug-likeness (QED) is 0.668. The Labute approximate surface area is 80.5 Å². The van der Waals surface area contributed by atoms with Crippen LogP contribution in [0.15, 0.2) is 0 Å². The Bertz CT molecular complexity index is 121. The van der Waals surface area contributed by atoms with E-state index < -0.39 is 0 Å². The molecule has 1 unspecified atom stereocenters. The molecule has 1 aliphatic heterocycles. The minimum absolute atomic E-state index is 0.255. The highest BCUT2D eigenvalue weighted by Crippen LogP contribution is 2.19. The Hall–Kier alpha value is -0.120. The highest BCUT2D eigenvalue weighted by atomic mass is 16.5. The predicted octanol–water partition coefficient (Wildman–Crippen LogP) is 0.773. The molecule has 0 radical (unpaired) electrons. The van der Waals surface area contributed by atoms with E-state index in [1.165, 1.54) is 0 Å². The van der Waals surface area contributed by atoms with Crippen molar-refractivity contribution in [3.8, 4) is 0 Å². The van der Waals surface area contributed by atoms with Gasteiger partial charge in [0.25, 0.3) is 0 Å². The van der Waals surface area contributed by atoms with E-state index in [1.807, 2.05) is 0 Å². The van der Waals surface area contributed by atoms with Gasteiger partial charge in [-0.3, -0.25) is 0 Å². The Morgan fingerprint density at radius 3 is 2.69 bits per heavy atom. The van der Waals surface area contributed by atoms with Crippen LogP contribution in [0.5, 0.6) is 0 Å². The maximum Gasteiger partial charge on any atom is 0.0584 e. The van der Waals surface area contributed by atoms with E-state index in [0.717, 1.165) is 44.9 Å². The van der Waals surface area contributed by atoms with Crippen molar-refractivity contribution in [3.63, 3.8) is 0 Å². The SMILES string of the molecule is CCNC(CO)CC1CCOCC1. The van der Waals surface area contributed by atoms with E-state index in [2.05, 4.69) is 12.2 Å². The van der Waals surface area contributed by atoms with Crippen molar-refractivity contribution >= 4 is 0 Å². The van der Waals surface area contributed by atoms with Crippen molar-refractivity contribution in [1.82, 2.24) is 5.32 Å². The molecule has 3 nitrogen and oxygen atoms in total. The summed E-state index contributed by atoms with van der Waals surface area (Å²) in [7, 11) is 0. The summed E-state index contributed by atoms with van der Waals surface area (Å²) in [6.45, 7) is 5.07. The summed E-state index contributed by atoms with van der Waals surface area (Å²) in [6, 6.07) is 0.285. The monoisotopic (exact) mass is 187 g/mol. The average molecular weight is 187 g/mol. The number of aliphatic hydroxyl groups excluding tert-OH is 1. The fourth-order valence-electron chi connectivity index (χ4n) is 1.90. The third-order valence-electron chi connectivity index (χ3n) is 2.67. The first-order chi connectivity index (χ1) is 6.36. The Balaban J connectivity index is 2.18. The van der Waals surface area contributed by atoms with Gasteiger partial charge in [0.2, 0.25) is 0 Å². The van der Waals surface area contributed by atoms with Crippen LogP contribution in [-0.4, -0.2) is 37.5 Å². The first kappa shape index (κ1) is 11.0. The lowest BCUT2D eigenvalue weighted by Crippen LogP contribution is -2.35. The molecule has 0 aromatic carbocycles. The molecule has 0 aromatic heterocycles. The molecule has 1 aliphatic rings. The largest absolute Gasteiger partial charge is 0.395 e. The van der Waals surface area contributed by atoms with Crippen LogP contribution in [0.3, 0.4) is 0 Å². The highest BCUT2D eigenvalue weighted by molar-refractivity contribution is 4.72. The third kappa shape index (κ3) is 4.07. The molecule has 0 bridgehead atoms. The lowest BCUT2D eigenvalue weighted by atomic mass is 9.93. The van der Waals surface area contributed by atoms with E-state index in [9.17, 15) is 0 Å². The van der Waals surface area contributed by atoms with Crippen LogP contribution in [0.1, 0.15) is 26.2 Å². The molecule has 1 atom stereocenters. The zero-order valence-corrected chi connectivity index (χ0v) is 8.46. The van der Waals surface area contributed by atoms with Gasteiger partial charge in [0.1, 0.15) is 0 Å². The van der Waals surface area contributed by atoms with Gasteiger partial charge in [-0.1, -0.05) is 6.92 Å². The van der Waals surface area contributed by atoms with Crippen LogP contribution in [0.4, 0.5) is 0 Å². The summed E-state index contributed by atoms with van der Waals surface area (Å²) >= 11 is 0. The summed E-state index contributed by atoms with van der Waals surface area (Å²) in [6.07, 6.45) is 3.40. The van der Waals surface area contributed by atoms with E-state index in [4.69, 9.17) is 9.84 Å². The standard InChI is InChI=1S/C10H21NO2/c1-2-11-10(8-12)7-9-3-5-13-6-4-9/h9-12H,2-8H2,1H3. The fourth-order valence-corrected chi connectivity index (χ4v) is 1.90. The Morgan fingerprint density at radius 2 is 2.15 bits per heavy atom. The molecule has 0 aliphatic carbocycles. The minimum atomic E-state index is 0.255. The first-order valence-corrected chi connectivity index (χ1v) is 5.28. The number of ether oxygens (including phenoxy) is 1. The number of aliphatic hydroxyl groups is 1. The van der Waals surface area contributed by atoms with Crippen LogP contribution >= 0.6 is 0 Å². The summed E-state index contributed by atoms with van der Waals surface area (Å²) in [4.78, 5) is 0. The topological polar surface area (TPSA) is 41.5 Å². The van der Waals surface area contributed by atoms with Gasteiger partial charge in [0.15, 0.2) is 0 Å². The highest BCUT2D eigenvalue weighted by Gasteiger charge is 2.17. The van der Waals surface area contributed by atoms with Gasteiger partial charge < -0.3 is 15.2 Å². The summed E-state index contributed by atoms with van der Waals surface area (Å²) in [5.41, 5.74) is 0. The molecule has 1 heterocycles. The number of likely N-dealkylation sites (N-methyl/N-ethyl adjacent to an activating group) is 1. The maximum atomic E-state index is 9.09. The van der Waals surface area contributed by atoms with Crippen molar-refractivity contribution < 1.29 is 9.84 Å². The smallest absolute Gasteiger partial charge is 0.0584 e. The van der Waals surface area contributed by atoms with E-state index in [0.29, 0.717) is 0 Å². The summed E-state index contributed by atoms with van der Waals surface area (Å²) in [5, 5.41) is 12.4. The van der Waals surface area contributed by atoms with E-state index in [1.54, 1.807) is 0 Å². The van der Waals surface area contributed by atoms with Crippen molar-refractivity contribution in [2.45, 2.75) is 32.2 Å². The Kier molecular flexibility index (Phi) is 5.35. The van der Waals surface area contributed by atoms with Crippen LogP contribution in [0.25, 0.3) is 0 Å². The van der Waals surface area contributed by atoms with Gasteiger partial charge in [0, 0.05) is 19.3 Å². The second-order valence-corrected chi connectivity index (χ2v) is 3.73. The van der Waals surface area contributed by atoms with Crippen molar-refractivity contribution in [2.24, 2.45) is 5.92 Å². The lowest BCUT2D eigenvalue weighted by molar-refractivity contribution is 0.0575. The van der Waals surface area contributed by atoms with Gasteiger partial charge in [-0.25, -0.2) is 0 Å². The number of rotatable bonds is 5. The molecule has 1 fully saturated rings. The number of hydrogen-bond donors (Lipinski definition) is 2. The maximum absolute atomic E-state index is 9.09. The van der Waals surface area contributed by atoms with Crippen molar-refractivity contribution in [2.75, 3.05) is 26.4 Å². The van der Waals surface area contributed by atoms with Crippen LogP contribution < -0.4 is 5.32 Å². The van der Waals surface area contributed by atoms with Crippen LogP contribution in [-0.2, 0) is 4.74 Å². The average Bonchev–Trinajstić information content (AvgIpc) is 2.19. The lowest BCUT2D eigenvalue weighted by Gasteiger charge is -2.26. The molecule has 78 valence electrons. The van der Waals surface area contributed by atoms with Crippen LogP contribution in [0, 0.1) is 5.92 Å². The van der Waals surface area contributed by atoms with E-state index in [-0.39, 0.29) is 12.6 Å². The normalized spacial score (nSPS) is 21.7. The number of hydrogen-bond acceptors (Lipinski definition) is 3. The second kappa shape index (κ2) is 6.35. The van der Waals surface area contributed by atoms with Gasteiger partial charge in [-0.05, 0) is 31.7 Å². The molecule has 0 amide bonds. The Morgan fingerprint density at radius 1 is 1.46 bits per heavy atom. The fraction of sp³-hybridized carbons (Fsp3) is 1.00. The molecule has 1 saturated heterocycles. The van der Waals surface area contributed by atoms with Crippen LogP contribution in [0.2, 0.25) is 0 Å². The summed E-state index contributed by atoms with van der Waals surface area (Å²) < 4.78 is 5.29. The van der Waals surface area contributed by atoms with Gasteiger partial charge in [0.05, 0.1) is 6.61 Å². The van der Waals surface area contributed by atoms with Crippen molar-refractivity contribution in [3.05, 3.63) is 0 Å². The zero-order valence-electron chi connectivity index (χ0n) is 8.46. The summed E-state index contributed by atoms with van der Waals surface area (Å²) in [5.74, 6) is 0.741. The molecule has 0 saturated carbocycles. The molecule has 3 heteroatoms. The van der Waals surface area contributed by atoms with Gasteiger partial charge in [-0.15, -0.1) is 0 Å². The number of nitrogens with one attached hydrogen (secondary N) is 1. The van der Waals surface area contributed by atoms with Gasteiger partial charge >= 0.3 is 0 Å². The molecule has 0 aromatic rings. The molecule has 0 spiro atoms. The molecular formula is C10H21NO2. The van der Waals surface area contributed by atoms with Crippen molar-refractivity contribution in [1.29, 1.82) is 0 Å². The predicted molar refractivity (Wildman–Crippen MR) is 52.7 cm³/mol. The molecule has 2 N–H and O–H groups in total. The molecule has 1 rings (SSSR count). The second-order valence-electron chi connectivity index (χ2n) is 3.73. The third-order valence-corrected chi connectivity index (χ3v) is 2.67. The molecule has 13 heavy (non-hydrogen) atoms. The molecular weight excluding hydrogens is 166 g/mol. The van der Waals surface area contributed by atoms with Gasteiger partial charge in [-0.2, -0.15) is 0 Å². The zero-order chi connectivity index (χ0) is 9.52.